The average molecular weight is 413 g/mol. The van der Waals surface area contributed by atoms with E-state index in [-0.39, 0.29) is 17.3 Å². The van der Waals surface area contributed by atoms with Crippen molar-refractivity contribution >= 4 is 23.5 Å². The molecule has 6 heteroatoms. The zero-order valence-corrected chi connectivity index (χ0v) is 17.5. The van der Waals surface area contributed by atoms with Gasteiger partial charge in [-0.05, 0) is 48.9 Å². The topological polar surface area (TPSA) is 53.0 Å². The second-order valence-corrected chi connectivity index (χ2v) is 8.04. The number of nitrogens with zero attached hydrogens (tertiary/aromatic N) is 2. The van der Waals surface area contributed by atoms with Crippen molar-refractivity contribution < 1.29 is 14.6 Å². The smallest absolute Gasteiger partial charge is 0.232 e. The number of benzene rings is 2. The van der Waals surface area contributed by atoms with E-state index in [0.29, 0.717) is 28.4 Å². The highest BCUT2D eigenvalue weighted by Gasteiger charge is 2.34. The van der Waals surface area contributed by atoms with Crippen LogP contribution < -0.4 is 4.74 Å². The van der Waals surface area contributed by atoms with Gasteiger partial charge in [-0.3, -0.25) is 9.69 Å². The first-order chi connectivity index (χ1) is 14.0. The molecule has 152 valence electrons. The summed E-state index contributed by atoms with van der Waals surface area (Å²) in [6.07, 6.45) is 1.70. The van der Waals surface area contributed by atoms with Crippen LogP contribution in [0.25, 0.3) is 6.08 Å². The second-order valence-electron chi connectivity index (χ2n) is 7.60. The van der Waals surface area contributed by atoms with E-state index in [0.717, 1.165) is 43.9 Å². The van der Waals surface area contributed by atoms with Crippen LogP contribution in [0.3, 0.4) is 0 Å². The molecule has 1 saturated heterocycles. The van der Waals surface area contributed by atoms with Crippen LogP contribution in [0.15, 0.2) is 36.1 Å². The second kappa shape index (κ2) is 8.19. The van der Waals surface area contributed by atoms with Gasteiger partial charge in [-0.25, -0.2) is 0 Å². The molecule has 2 aromatic rings. The van der Waals surface area contributed by atoms with Crippen molar-refractivity contribution in [1.29, 1.82) is 0 Å². The van der Waals surface area contributed by atoms with E-state index >= 15 is 0 Å². The van der Waals surface area contributed by atoms with Gasteiger partial charge < -0.3 is 14.7 Å². The van der Waals surface area contributed by atoms with Gasteiger partial charge in [0.05, 0.1) is 11.1 Å². The van der Waals surface area contributed by atoms with E-state index in [1.807, 2.05) is 19.1 Å². The normalized spacial score (nSPS) is 18.9. The summed E-state index contributed by atoms with van der Waals surface area (Å²) in [5.74, 6) is 0.761. The first-order valence-corrected chi connectivity index (χ1v) is 10.3. The highest BCUT2D eigenvalue weighted by molar-refractivity contribution is 6.30. The Kier molecular flexibility index (Phi) is 5.63. The number of fused-ring (bicyclic) bond motifs is 1. The van der Waals surface area contributed by atoms with E-state index in [1.54, 1.807) is 24.3 Å². The summed E-state index contributed by atoms with van der Waals surface area (Å²) in [4.78, 5) is 17.7. The summed E-state index contributed by atoms with van der Waals surface area (Å²) < 4.78 is 6.01. The largest absolute Gasteiger partial charge is 0.507 e. The molecule has 4 rings (SSSR count). The first-order valence-electron chi connectivity index (χ1n) is 9.96. The number of Topliss-reactive ketones (excluding diaryl/α,β-unsaturated/α-hetero) is 1. The Bertz CT molecular complexity index is 978. The van der Waals surface area contributed by atoms with E-state index in [4.69, 9.17) is 16.3 Å². The fourth-order valence-corrected chi connectivity index (χ4v) is 4.17. The lowest BCUT2D eigenvalue weighted by molar-refractivity contribution is 0.101. The number of phenols is 1. The predicted octanol–water partition coefficient (Wildman–Crippen LogP) is 4.11. The zero-order valence-electron chi connectivity index (χ0n) is 16.7. The molecule has 1 N–H and O–H groups in total. The minimum absolute atomic E-state index is 0.158. The van der Waals surface area contributed by atoms with Crippen LogP contribution in [-0.2, 0) is 6.54 Å². The quantitative estimate of drug-likeness (QED) is 0.766. The number of carbonyl (C=O) groups excluding carboxylic acids is 1. The highest BCUT2D eigenvalue weighted by Crippen LogP contribution is 2.42. The Morgan fingerprint density at radius 1 is 1.17 bits per heavy atom. The molecule has 5 nitrogen and oxygen atoms in total. The number of likely N-dealkylation sites (N-methyl/N-ethyl adjacent to an activating group) is 1. The van der Waals surface area contributed by atoms with E-state index in [2.05, 4.69) is 16.7 Å². The third kappa shape index (κ3) is 4.04. The highest BCUT2D eigenvalue weighted by atomic mass is 35.5. The lowest BCUT2D eigenvalue weighted by Gasteiger charge is -2.34. The number of aryl methyl sites for hydroxylation is 1. The van der Waals surface area contributed by atoms with Crippen molar-refractivity contribution in [3.63, 3.8) is 0 Å². The van der Waals surface area contributed by atoms with Gasteiger partial charge in [-0.2, -0.15) is 0 Å². The summed E-state index contributed by atoms with van der Waals surface area (Å²) in [7, 11) is 0. The summed E-state index contributed by atoms with van der Waals surface area (Å²) >= 11 is 6.06. The van der Waals surface area contributed by atoms with Gasteiger partial charge in [-0.15, -0.1) is 0 Å². The molecule has 1 fully saturated rings. The number of hydrogen-bond acceptors (Lipinski definition) is 5. The molecule has 2 aliphatic rings. The van der Waals surface area contributed by atoms with E-state index < -0.39 is 0 Å². The Labute approximate surface area is 176 Å². The number of ether oxygens (including phenoxy) is 1. The SMILES string of the molecule is CCN1CCN(Cc2c(O)cc(C)c3c2O/C(=C\c2cccc(Cl)c2)C3=O)CC1. The van der Waals surface area contributed by atoms with E-state index in [9.17, 15) is 9.90 Å². The van der Waals surface area contributed by atoms with Crippen molar-refractivity contribution in [3.05, 3.63) is 63.4 Å². The molecule has 0 radical (unpaired) electrons. The van der Waals surface area contributed by atoms with Crippen molar-refractivity contribution in [3.8, 4) is 11.5 Å². The molecule has 2 heterocycles. The van der Waals surface area contributed by atoms with Gasteiger partial charge in [-0.1, -0.05) is 30.7 Å². The number of ketones is 1. The lowest BCUT2D eigenvalue weighted by atomic mass is 9.99. The number of piperazine rings is 1. The maximum Gasteiger partial charge on any atom is 0.232 e. The summed E-state index contributed by atoms with van der Waals surface area (Å²) in [5, 5.41) is 11.2. The fourth-order valence-electron chi connectivity index (χ4n) is 3.97. The Hall–Kier alpha value is -2.34. The molecule has 0 bridgehead atoms. The number of phenolic OH excluding ortho intramolecular Hbond substituents is 1. The number of rotatable bonds is 4. The number of carbonyl (C=O) groups is 1. The van der Waals surface area contributed by atoms with Crippen LogP contribution >= 0.6 is 11.6 Å². The monoisotopic (exact) mass is 412 g/mol. The predicted molar refractivity (Wildman–Crippen MR) is 115 cm³/mol. The first kappa shape index (κ1) is 20.0. The minimum atomic E-state index is -0.158. The summed E-state index contributed by atoms with van der Waals surface area (Å²) in [6, 6.07) is 8.94. The number of hydrogen-bond donors (Lipinski definition) is 1. The van der Waals surface area contributed by atoms with Gasteiger partial charge in [0.15, 0.2) is 5.76 Å². The van der Waals surface area contributed by atoms with Crippen LogP contribution in [0.4, 0.5) is 0 Å². The lowest BCUT2D eigenvalue weighted by Crippen LogP contribution is -2.45. The molecule has 0 spiro atoms. The van der Waals surface area contributed by atoms with Crippen LogP contribution in [0.5, 0.6) is 11.5 Å². The fraction of sp³-hybridized carbons (Fsp3) is 0.348. The molecule has 2 aliphatic heterocycles. The van der Waals surface area contributed by atoms with Crippen LogP contribution in [0, 0.1) is 6.92 Å². The van der Waals surface area contributed by atoms with Crippen molar-refractivity contribution in [1.82, 2.24) is 9.80 Å². The molecule has 29 heavy (non-hydrogen) atoms. The van der Waals surface area contributed by atoms with Gasteiger partial charge in [0.1, 0.15) is 11.5 Å². The Morgan fingerprint density at radius 3 is 2.59 bits per heavy atom. The number of aromatic hydroxyl groups is 1. The van der Waals surface area contributed by atoms with Crippen molar-refractivity contribution in [2.24, 2.45) is 0 Å². The van der Waals surface area contributed by atoms with Crippen molar-refractivity contribution in [2.45, 2.75) is 20.4 Å². The molecule has 0 saturated carbocycles. The molecular weight excluding hydrogens is 388 g/mol. The minimum Gasteiger partial charge on any atom is -0.507 e. The standard InChI is InChI=1S/C23H25ClN2O3/c1-3-25-7-9-26(10-8-25)14-18-19(27)11-15(2)21-22(28)20(29-23(18)21)13-16-5-4-6-17(24)12-16/h4-6,11-13,27H,3,7-10,14H2,1-2H3/b20-13-. The van der Waals surface area contributed by atoms with E-state index in [1.165, 1.54) is 0 Å². The maximum absolute atomic E-state index is 13.0. The van der Waals surface area contributed by atoms with Crippen LogP contribution in [0.2, 0.25) is 5.02 Å². The number of halogens is 1. The van der Waals surface area contributed by atoms with Crippen LogP contribution in [0.1, 0.15) is 34.0 Å². The molecule has 0 aromatic heterocycles. The summed E-state index contributed by atoms with van der Waals surface area (Å²) in [6.45, 7) is 9.46. The molecule has 0 amide bonds. The molecule has 0 unspecified atom stereocenters. The van der Waals surface area contributed by atoms with Gasteiger partial charge >= 0.3 is 0 Å². The van der Waals surface area contributed by atoms with Gasteiger partial charge in [0, 0.05) is 37.7 Å². The molecule has 0 atom stereocenters. The maximum atomic E-state index is 13.0. The Balaban J connectivity index is 1.64. The zero-order chi connectivity index (χ0) is 20.5. The Morgan fingerprint density at radius 2 is 1.90 bits per heavy atom. The van der Waals surface area contributed by atoms with Crippen LogP contribution in [-0.4, -0.2) is 53.4 Å². The van der Waals surface area contributed by atoms with Gasteiger partial charge in [0.25, 0.3) is 0 Å². The molecule has 2 aromatic carbocycles. The molecular formula is C23H25ClN2O3. The number of allylic oxidation sites excluding steroid dienone is 1. The average Bonchev–Trinajstić information content (AvgIpc) is 3.02. The third-order valence-corrected chi connectivity index (χ3v) is 5.90. The van der Waals surface area contributed by atoms with Crippen molar-refractivity contribution in [2.75, 3.05) is 32.7 Å². The molecule has 0 aliphatic carbocycles. The summed E-state index contributed by atoms with van der Waals surface area (Å²) in [5.41, 5.74) is 2.74. The van der Waals surface area contributed by atoms with Gasteiger partial charge in [0.2, 0.25) is 5.78 Å². The third-order valence-electron chi connectivity index (χ3n) is 5.66.